The Morgan fingerprint density at radius 2 is 2.10 bits per heavy atom. The summed E-state index contributed by atoms with van der Waals surface area (Å²) in [7, 11) is 1.61. The van der Waals surface area contributed by atoms with Crippen molar-refractivity contribution in [3.63, 3.8) is 0 Å². The zero-order valence-electron chi connectivity index (χ0n) is 11.7. The van der Waals surface area contributed by atoms with Crippen LogP contribution in [-0.2, 0) is 39.8 Å². The first-order valence-electron chi connectivity index (χ1n) is 6.05. The normalized spacial score (nSPS) is 10.0. The van der Waals surface area contributed by atoms with Crippen molar-refractivity contribution in [1.82, 2.24) is 4.57 Å². The van der Waals surface area contributed by atoms with Crippen LogP contribution in [0.5, 0.6) is 5.75 Å². The van der Waals surface area contributed by atoms with E-state index in [9.17, 15) is 9.18 Å². The standard InChI is InChI=1S/C15H15FNO2.Y/c1-4-19-11-6-7-12(13(16)9-11)14-8-5-10(2)15(18)17(14)3;/h5-7,9H,4H2,1-3H3;/q-1;. The minimum atomic E-state index is -0.430. The molecule has 2 aromatic rings. The number of pyridine rings is 1. The van der Waals surface area contributed by atoms with Crippen molar-refractivity contribution >= 4 is 0 Å². The SMILES string of the molecule is CCOc1ccc(-c2[c-]cc(C)c(=O)n2C)c(F)c1.[Y]. The Hall–Kier alpha value is -0.996. The van der Waals surface area contributed by atoms with Gasteiger partial charge in [-0.2, -0.15) is 12.1 Å². The fourth-order valence-corrected chi connectivity index (χ4v) is 1.90. The van der Waals surface area contributed by atoms with Crippen LogP contribution in [0.1, 0.15) is 12.5 Å². The third-order valence-electron chi connectivity index (χ3n) is 2.91. The minimum absolute atomic E-state index is 0. The van der Waals surface area contributed by atoms with Gasteiger partial charge in [-0.05, 0) is 13.0 Å². The van der Waals surface area contributed by atoms with Crippen LogP contribution in [0, 0.1) is 18.8 Å². The van der Waals surface area contributed by atoms with Gasteiger partial charge in [-0.15, -0.1) is 6.07 Å². The maximum Gasteiger partial charge on any atom is 0.197 e. The molecule has 0 saturated heterocycles. The van der Waals surface area contributed by atoms with Crippen LogP contribution in [0.25, 0.3) is 11.3 Å². The van der Waals surface area contributed by atoms with Crippen molar-refractivity contribution < 1.29 is 41.8 Å². The number of hydrogen-bond donors (Lipinski definition) is 0. The van der Waals surface area contributed by atoms with E-state index in [1.165, 1.54) is 10.6 Å². The molecule has 0 aliphatic rings. The van der Waals surface area contributed by atoms with E-state index in [1.54, 1.807) is 32.2 Å². The molecule has 20 heavy (non-hydrogen) atoms. The summed E-state index contributed by atoms with van der Waals surface area (Å²) >= 11 is 0. The molecule has 0 bridgehead atoms. The molecule has 0 N–H and O–H groups in total. The van der Waals surface area contributed by atoms with Gasteiger partial charge in [0.25, 0.3) is 0 Å². The van der Waals surface area contributed by atoms with E-state index in [-0.39, 0.29) is 38.3 Å². The molecule has 0 aliphatic heterocycles. The van der Waals surface area contributed by atoms with E-state index in [4.69, 9.17) is 4.74 Å². The summed E-state index contributed by atoms with van der Waals surface area (Å²) in [6, 6.07) is 9.11. The largest absolute Gasteiger partial charge is 0.494 e. The molecule has 1 radical (unpaired) electrons. The average molecular weight is 349 g/mol. The van der Waals surface area contributed by atoms with E-state index in [0.717, 1.165) is 0 Å². The van der Waals surface area contributed by atoms with Gasteiger partial charge in [0.2, 0.25) is 0 Å². The third-order valence-corrected chi connectivity index (χ3v) is 2.91. The van der Waals surface area contributed by atoms with Gasteiger partial charge in [0, 0.05) is 45.8 Å². The fourth-order valence-electron chi connectivity index (χ4n) is 1.90. The van der Waals surface area contributed by atoms with Crippen LogP contribution in [0.2, 0.25) is 0 Å². The molecular formula is C15H15FNO2Y-. The number of benzene rings is 1. The van der Waals surface area contributed by atoms with E-state index in [1.807, 2.05) is 6.92 Å². The van der Waals surface area contributed by atoms with Crippen LogP contribution in [0.3, 0.4) is 0 Å². The second-order valence-corrected chi connectivity index (χ2v) is 4.26. The van der Waals surface area contributed by atoms with Gasteiger partial charge in [0.05, 0.1) is 12.4 Å². The number of aryl methyl sites for hydroxylation is 1. The molecule has 0 aliphatic carbocycles. The first-order valence-corrected chi connectivity index (χ1v) is 6.05. The molecule has 103 valence electrons. The first kappa shape index (κ1) is 17.1. The molecule has 1 heterocycles. The Morgan fingerprint density at radius 3 is 2.70 bits per heavy atom. The maximum atomic E-state index is 14.1. The van der Waals surface area contributed by atoms with Crippen molar-refractivity contribution in [2.75, 3.05) is 6.61 Å². The van der Waals surface area contributed by atoms with Crippen LogP contribution >= 0.6 is 0 Å². The zero-order chi connectivity index (χ0) is 14.0. The Kier molecular flexibility index (Phi) is 6.09. The van der Waals surface area contributed by atoms with Gasteiger partial charge < -0.3 is 9.30 Å². The topological polar surface area (TPSA) is 31.2 Å². The predicted octanol–water partition coefficient (Wildman–Crippen LogP) is 2.70. The van der Waals surface area contributed by atoms with E-state index in [0.29, 0.717) is 29.2 Å². The van der Waals surface area contributed by atoms with Gasteiger partial charge in [-0.25, -0.2) is 4.39 Å². The van der Waals surface area contributed by atoms with Crippen molar-refractivity contribution in [2.45, 2.75) is 13.8 Å². The Bertz CT molecular complexity index is 667. The molecule has 0 spiro atoms. The van der Waals surface area contributed by atoms with Crippen molar-refractivity contribution in [1.29, 1.82) is 0 Å². The summed E-state index contributed by atoms with van der Waals surface area (Å²) in [5, 5.41) is 0. The van der Waals surface area contributed by atoms with Crippen molar-refractivity contribution in [3.8, 4) is 17.0 Å². The average Bonchev–Trinajstić information content (AvgIpc) is 2.38. The molecule has 2 rings (SSSR count). The van der Waals surface area contributed by atoms with Gasteiger partial charge >= 0.3 is 0 Å². The molecule has 0 atom stereocenters. The molecule has 5 heteroatoms. The predicted molar refractivity (Wildman–Crippen MR) is 71.8 cm³/mol. The van der Waals surface area contributed by atoms with E-state index < -0.39 is 5.82 Å². The summed E-state index contributed by atoms with van der Waals surface area (Å²) in [6.07, 6.45) is 0. The number of ether oxygens (including phenoxy) is 1. The Labute approximate surface area is 142 Å². The summed E-state index contributed by atoms with van der Waals surface area (Å²) in [5.74, 6) is 0.0434. The van der Waals surface area contributed by atoms with Gasteiger partial charge in [0.15, 0.2) is 5.56 Å². The zero-order valence-corrected chi connectivity index (χ0v) is 14.6. The number of halogens is 1. The van der Waals surface area contributed by atoms with Crippen LogP contribution in [-0.4, -0.2) is 11.2 Å². The van der Waals surface area contributed by atoms with E-state index in [2.05, 4.69) is 6.07 Å². The monoisotopic (exact) mass is 349 g/mol. The molecule has 0 fully saturated rings. The minimum Gasteiger partial charge on any atom is -0.494 e. The Balaban J connectivity index is 0.00000200. The van der Waals surface area contributed by atoms with Crippen molar-refractivity contribution in [2.24, 2.45) is 7.05 Å². The summed E-state index contributed by atoms with van der Waals surface area (Å²) in [4.78, 5) is 11.8. The van der Waals surface area contributed by atoms with Gasteiger partial charge in [-0.1, -0.05) is 23.7 Å². The number of nitrogens with zero attached hydrogens (tertiary/aromatic N) is 1. The molecule has 3 nitrogen and oxygen atoms in total. The summed E-state index contributed by atoms with van der Waals surface area (Å²) < 4.78 is 20.7. The second-order valence-electron chi connectivity index (χ2n) is 4.26. The smallest absolute Gasteiger partial charge is 0.197 e. The molecular weight excluding hydrogens is 334 g/mol. The molecule has 0 amide bonds. The van der Waals surface area contributed by atoms with Gasteiger partial charge in [-0.3, -0.25) is 4.79 Å². The van der Waals surface area contributed by atoms with Crippen molar-refractivity contribution in [3.05, 3.63) is 52.1 Å². The Morgan fingerprint density at radius 1 is 1.40 bits per heavy atom. The number of rotatable bonds is 3. The molecule has 0 saturated carbocycles. The maximum absolute atomic E-state index is 14.1. The second kappa shape index (κ2) is 7.14. The first-order chi connectivity index (χ1) is 9.04. The van der Waals surface area contributed by atoms with Crippen LogP contribution in [0.15, 0.2) is 29.1 Å². The molecule has 0 unspecified atom stereocenters. The van der Waals surface area contributed by atoms with E-state index >= 15 is 0 Å². The van der Waals surface area contributed by atoms with Crippen LogP contribution < -0.4 is 10.3 Å². The number of hydrogen-bond acceptors (Lipinski definition) is 2. The number of aromatic nitrogens is 1. The van der Waals surface area contributed by atoms with Crippen LogP contribution in [0.4, 0.5) is 4.39 Å². The molecule has 1 aromatic heterocycles. The summed E-state index contributed by atoms with van der Waals surface area (Å²) in [5.41, 5.74) is 1.19. The molecule has 1 aromatic carbocycles. The third kappa shape index (κ3) is 3.36. The quantitative estimate of drug-likeness (QED) is 0.798. The van der Waals surface area contributed by atoms with Gasteiger partial charge in [0.1, 0.15) is 5.75 Å². The summed E-state index contributed by atoms with van der Waals surface area (Å²) in [6.45, 7) is 4.02. The fraction of sp³-hybridized carbons (Fsp3) is 0.267.